The molecule has 266 valence electrons. The van der Waals surface area contributed by atoms with Crippen molar-refractivity contribution in [2.75, 3.05) is 4.90 Å². The Labute approximate surface area is 328 Å². The predicted molar refractivity (Wildman–Crippen MR) is 236 cm³/mol. The number of para-hydroxylation sites is 5. The van der Waals surface area contributed by atoms with Crippen molar-refractivity contribution in [2.45, 2.75) is 0 Å². The van der Waals surface area contributed by atoms with Crippen LogP contribution in [0.3, 0.4) is 0 Å². The van der Waals surface area contributed by atoms with Crippen molar-refractivity contribution in [1.29, 1.82) is 0 Å². The van der Waals surface area contributed by atoms with Gasteiger partial charge in [-0.15, -0.1) is 0 Å². The molecule has 0 bridgehead atoms. The lowest BCUT2D eigenvalue weighted by molar-refractivity contribution is 0.670. The van der Waals surface area contributed by atoms with Crippen LogP contribution >= 0.6 is 0 Å². The molecule has 0 amide bonds. The second kappa shape index (κ2) is 12.4. The molecule has 12 rings (SSSR count). The van der Waals surface area contributed by atoms with Crippen molar-refractivity contribution >= 4 is 84.1 Å². The highest BCUT2D eigenvalue weighted by molar-refractivity contribution is 6.13. The minimum absolute atomic E-state index is 0.608. The van der Waals surface area contributed by atoms with Crippen LogP contribution in [-0.2, 0) is 0 Å². The SMILES string of the molecule is C1=Cc2cc3c(cc2N(c2nc(-c4ccccc4)c4ccccc4n2)c2ccc(-c4cccc5c4oc4ccccc45)cc21)c1ccccc1n3-c1ccccc1. The maximum absolute atomic E-state index is 6.51. The van der Waals surface area contributed by atoms with E-state index in [0.29, 0.717) is 5.95 Å². The lowest BCUT2D eigenvalue weighted by atomic mass is 9.99. The summed E-state index contributed by atoms with van der Waals surface area (Å²) < 4.78 is 8.88. The summed E-state index contributed by atoms with van der Waals surface area (Å²) >= 11 is 0. The summed E-state index contributed by atoms with van der Waals surface area (Å²) in [5, 5.41) is 5.58. The molecule has 0 saturated heterocycles. The van der Waals surface area contributed by atoms with Gasteiger partial charge in [-0.25, -0.2) is 9.97 Å². The first-order valence-electron chi connectivity index (χ1n) is 19.2. The highest BCUT2D eigenvalue weighted by Crippen LogP contribution is 2.47. The quantitative estimate of drug-likeness (QED) is 0.181. The van der Waals surface area contributed by atoms with Crippen molar-refractivity contribution < 1.29 is 4.42 Å². The number of hydrogen-bond acceptors (Lipinski definition) is 4. The van der Waals surface area contributed by atoms with Gasteiger partial charge >= 0.3 is 0 Å². The largest absolute Gasteiger partial charge is 0.455 e. The van der Waals surface area contributed by atoms with E-state index in [-0.39, 0.29) is 0 Å². The Morgan fingerprint density at radius 3 is 2.00 bits per heavy atom. The highest BCUT2D eigenvalue weighted by Gasteiger charge is 2.27. The lowest BCUT2D eigenvalue weighted by Gasteiger charge is -2.26. The third-order valence-electron chi connectivity index (χ3n) is 11.3. The van der Waals surface area contributed by atoms with Crippen molar-refractivity contribution in [3.05, 3.63) is 193 Å². The number of rotatable bonds is 4. The van der Waals surface area contributed by atoms with Gasteiger partial charge in [-0.3, -0.25) is 4.90 Å². The molecule has 4 heterocycles. The number of hydrogen-bond donors (Lipinski definition) is 0. The van der Waals surface area contributed by atoms with Crippen LogP contribution in [0.1, 0.15) is 11.1 Å². The minimum Gasteiger partial charge on any atom is -0.455 e. The number of benzene rings is 8. The molecule has 8 aromatic carbocycles. The molecular formula is C52H32N4O. The van der Waals surface area contributed by atoms with E-state index in [1.54, 1.807) is 0 Å². The second-order valence-corrected chi connectivity index (χ2v) is 14.6. The van der Waals surface area contributed by atoms with E-state index in [0.717, 1.165) is 99.8 Å². The van der Waals surface area contributed by atoms with Crippen LogP contribution in [0.15, 0.2) is 186 Å². The van der Waals surface area contributed by atoms with E-state index in [2.05, 4.69) is 179 Å². The molecule has 0 unspecified atom stereocenters. The molecule has 0 atom stereocenters. The van der Waals surface area contributed by atoms with E-state index in [1.165, 1.54) is 5.39 Å². The summed E-state index contributed by atoms with van der Waals surface area (Å²) in [5.74, 6) is 0.608. The van der Waals surface area contributed by atoms with Crippen molar-refractivity contribution in [2.24, 2.45) is 0 Å². The van der Waals surface area contributed by atoms with E-state index in [1.807, 2.05) is 24.3 Å². The Hall–Kier alpha value is -7.76. The fraction of sp³-hybridized carbons (Fsp3) is 0. The van der Waals surface area contributed by atoms with Gasteiger partial charge in [0.25, 0.3) is 0 Å². The van der Waals surface area contributed by atoms with E-state index >= 15 is 0 Å². The third kappa shape index (κ3) is 4.89. The summed E-state index contributed by atoms with van der Waals surface area (Å²) in [7, 11) is 0. The van der Waals surface area contributed by atoms with Crippen LogP contribution < -0.4 is 4.90 Å². The Balaban J connectivity index is 1.14. The van der Waals surface area contributed by atoms with Crippen molar-refractivity contribution in [3.63, 3.8) is 0 Å². The van der Waals surface area contributed by atoms with Crippen LogP contribution in [0.4, 0.5) is 17.3 Å². The summed E-state index contributed by atoms with van der Waals surface area (Å²) in [6.07, 6.45) is 4.47. The van der Waals surface area contributed by atoms with E-state index < -0.39 is 0 Å². The molecule has 5 heteroatoms. The van der Waals surface area contributed by atoms with Crippen LogP contribution in [0.5, 0.6) is 0 Å². The first-order valence-corrected chi connectivity index (χ1v) is 19.2. The molecular weight excluding hydrogens is 697 g/mol. The topological polar surface area (TPSA) is 47.1 Å². The molecule has 1 aliphatic heterocycles. The fourth-order valence-electron chi connectivity index (χ4n) is 8.74. The number of fused-ring (bicyclic) bond motifs is 9. The van der Waals surface area contributed by atoms with Gasteiger partial charge in [0.2, 0.25) is 5.95 Å². The van der Waals surface area contributed by atoms with Crippen LogP contribution in [0.2, 0.25) is 0 Å². The molecule has 0 saturated carbocycles. The molecule has 1 aliphatic rings. The fourth-order valence-corrected chi connectivity index (χ4v) is 8.74. The molecule has 0 fully saturated rings. The molecule has 5 nitrogen and oxygen atoms in total. The average Bonchev–Trinajstić information content (AvgIpc) is 3.76. The molecule has 0 radical (unpaired) electrons. The first-order chi connectivity index (χ1) is 28.3. The van der Waals surface area contributed by atoms with Gasteiger partial charge in [0, 0.05) is 49.3 Å². The first kappa shape index (κ1) is 31.6. The van der Waals surface area contributed by atoms with Gasteiger partial charge in [-0.05, 0) is 65.7 Å². The van der Waals surface area contributed by atoms with Crippen LogP contribution in [0.25, 0.3) is 94.9 Å². The number of anilines is 3. The van der Waals surface area contributed by atoms with Gasteiger partial charge in [0.05, 0.1) is 33.6 Å². The van der Waals surface area contributed by atoms with E-state index in [9.17, 15) is 0 Å². The summed E-state index contributed by atoms with van der Waals surface area (Å²) in [5.41, 5.74) is 14.3. The lowest BCUT2D eigenvalue weighted by Crippen LogP contribution is -2.15. The maximum atomic E-state index is 6.51. The zero-order chi connectivity index (χ0) is 37.5. The zero-order valence-corrected chi connectivity index (χ0v) is 30.7. The van der Waals surface area contributed by atoms with Crippen LogP contribution in [0, 0.1) is 0 Å². The average molecular weight is 729 g/mol. The smallest absolute Gasteiger partial charge is 0.235 e. The maximum Gasteiger partial charge on any atom is 0.235 e. The summed E-state index contributed by atoms with van der Waals surface area (Å²) in [6, 6.07) is 64.0. The van der Waals surface area contributed by atoms with Crippen molar-refractivity contribution in [3.8, 4) is 28.1 Å². The molecule has 0 N–H and O–H groups in total. The third-order valence-corrected chi connectivity index (χ3v) is 11.3. The van der Waals surface area contributed by atoms with Crippen LogP contribution in [-0.4, -0.2) is 14.5 Å². The number of aromatic nitrogens is 3. The number of nitrogens with zero attached hydrogens (tertiary/aromatic N) is 4. The standard InChI is InChI=1S/C52H32N4O/c1-3-14-33(15-4-1)50-42-20-7-10-23-44(42)53-52(54-50)56-45-29-28-34(38-21-13-22-41-40-19-9-12-25-49(40)57-51(38)41)30-35(45)26-27-36-31-48-43(32-47(36)56)39-18-8-11-24-46(39)55(48)37-16-5-2-6-17-37/h1-32H. The molecule has 11 aromatic rings. The Bertz CT molecular complexity index is 3410. The highest BCUT2D eigenvalue weighted by atomic mass is 16.3. The Morgan fingerprint density at radius 1 is 0.439 bits per heavy atom. The Morgan fingerprint density at radius 2 is 1.14 bits per heavy atom. The van der Waals surface area contributed by atoms with Gasteiger partial charge in [-0.2, -0.15) is 0 Å². The van der Waals surface area contributed by atoms with Crippen molar-refractivity contribution in [1.82, 2.24) is 14.5 Å². The van der Waals surface area contributed by atoms with Gasteiger partial charge in [-0.1, -0.05) is 140 Å². The van der Waals surface area contributed by atoms with Gasteiger partial charge in [0.15, 0.2) is 0 Å². The number of furan rings is 1. The summed E-state index contributed by atoms with van der Waals surface area (Å²) in [6.45, 7) is 0. The monoisotopic (exact) mass is 728 g/mol. The molecule has 0 aliphatic carbocycles. The predicted octanol–water partition coefficient (Wildman–Crippen LogP) is 13.9. The molecule has 57 heavy (non-hydrogen) atoms. The second-order valence-electron chi connectivity index (χ2n) is 14.6. The zero-order valence-electron chi connectivity index (χ0n) is 30.7. The summed E-state index contributed by atoms with van der Waals surface area (Å²) in [4.78, 5) is 13.0. The van der Waals surface area contributed by atoms with Gasteiger partial charge in [0.1, 0.15) is 11.2 Å². The minimum atomic E-state index is 0.608. The molecule has 0 spiro atoms. The van der Waals surface area contributed by atoms with Gasteiger partial charge < -0.3 is 8.98 Å². The van der Waals surface area contributed by atoms with E-state index in [4.69, 9.17) is 14.4 Å². The molecule has 3 aromatic heterocycles. The normalized spacial score (nSPS) is 12.5. The Kier molecular flexibility index (Phi) is 6.86.